The predicted molar refractivity (Wildman–Crippen MR) is 89.8 cm³/mol. The lowest BCUT2D eigenvalue weighted by atomic mass is 10.00. The Balaban J connectivity index is 2.19. The number of hydrogen-bond donors (Lipinski definition) is 0. The number of aryl methyl sites for hydroxylation is 1. The summed E-state index contributed by atoms with van der Waals surface area (Å²) in [5.41, 5.74) is 5.56. The highest BCUT2D eigenvalue weighted by atomic mass is 16.5. The molecule has 1 heterocycles. The zero-order valence-corrected chi connectivity index (χ0v) is 13.3. The number of rotatable bonds is 3. The summed E-state index contributed by atoms with van der Waals surface area (Å²) >= 11 is 0. The lowest BCUT2D eigenvalue weighted by Crippen LogP contribution is -1.93. The van der Waals surface area contributed by atoms with Gasteiger partial charge in [0.15, 0.2) is 11.5 Å². The Morgan fingerprint density at radius 2 is 1.59 bits per heavy atom. The highest BCUT2D eigenvalue weighted by Gasteiger charge is 2.10. The van der Waals surface area contributed by atoms with Gasteiger partial charge in [-0.2, -0.15) is 0 Å². The summed E-state index contributed by atoms with van der Waals surface area (Å²) in [6.07, 6.45) is 0. The molecule has 0 saturated carbocycles. The quantitative estimate of drug-likeness (QED) is 0.710. The van der Waals surface area contributed by atoms with Crippen LogP contribution in [0.15, 0.2) is 42.5 Å². The summed E-state index contributed by atoms with van der Waals surface area (Å²) in [7, 11) is 3.28. The van der Waals surface area contributed by atoms with Crippen LogP contribution in [-0.2, 0) is 0 Å². The van der Waals surface area contributed by atoms with E-state index < -0.39 is 0 Å². The van der Waals surface area contributed by atoms with Gasteiger partial charge >= 0.3 is 0 Å². The number of methoxy groups -OCH3 is 2. The van der Waals surface area contributed by atoms with Gasteiger partial charge in [-0.05, 0) is 37.1 Å². The molecule has 0 aliphatic rings. The van der Waals surface area contributed by atoms with Crippen LogP contribution in [0, 0.1) is 13.8 Å². The molecule has 0 amide bonds. The van der Waals surface area contributed by atoms with Crippen LogP contribution in [0.3, 0.4) is 0 Å². The molecule has 3 rings (SSSR count). The molecule has 0 aliphatic heterocycles. The van der Waals surface area contributed by atoms with Crippen molar-refractivity contribution in [3.8, 4) is 22.8 Å². The Morgan fingerprint density at radius 1 is 0.864 bits per heavy atom. The van der Waals surface area contributed by atoms with E-state index in [1.54, 1.807) is 14.2 Å². The van der Waals surface area contributed by atoms with Crippen molar-refractivity contribution in [3.63, 3.8) is 0 Å². The van der Waals surface area contributed by atoms with Gasteiger partial charge in [0.25, 0.3) is 0 Å². The van der Waals surface area contributed by atoms with Crippen LogP contribution in [-0.4, -0.2) is 19.2 Å². The first kappa shape index (κ1) is 14.4. The molecular weight excluding hydrogens is 274 g/mol. The van der Waals surface area contributed by atoms with Crippen molar-refractivity contribution < 1.29 is 9.47 Å². The van der Waals surface area contributed by atoms with Crippen LogP contribution >= 0.6 is 0 Å². The molecule has 0 bridgehead atoms. The molecule has 0 fully saturated rings. The third kappa shape index (κ3) is 2.39. The zero-order valence-electron chi connectivity index (χ0n) is 13.3. The van der Waals surface area contributed by atoms with Gasteiger partial charge in [0, 0.05) is 17.0 Å². The average molecular weight is 293 g/mol. The molecule has 0 aliphatic carbocycles. The molecule has 0 radical (unpaired) electrons. The Bertz CT molecular complexity index is 840. The maximum atomic E-state index is 5.37. The topological polar surface area (TPSA) is 31.4 Å². The fraction of sp³-hybridized carbons (Fsp3) is 0.211. The summed E-state index contributed by atoms with van der Waals surface area (Å²) in [5.74, 6) is 1.41. The third-order valence-electron chi connectivity index (χ3n) is 4.08. The van der Waals surface area contributed by atoms with Gasteiger partial charge in [0.2, 0.25) is 0 Å². The van der Waals surface area contributed by atoms with E-state index in [1.165, 1.54) is 11.1 Å². The molecule has 0 spiro atoms. The van der Waals surface area contributed by atoms with Gasteiger partial charge in [-0.25, -0.2) is 4.98 Å². The largest absolute Gasteiger partial charge is 0.493 e. The minimum absolute atomic E-state index is 0.695. The first-order valence-corrected chi connectivity index (χ1v) is 7.23. The molecule has 0 atom stereocenters. The Morgan fingerprint density at radius 3 is 2.32 bits per heavy atom. The molecule has 3 nitrogen and oxygen atoms in total. The molecule has 0 saturated heterocycles. The highest BCUT2D eigenvalue weighted by Crippen LogP contribution is 2.33. The van der Waals surface area contributed by atoms with Gasteiger partial charge in [-0.1, -0.05) is 24.3 Å². The molecule has 0 unspecified atom stereocenters. The van der Waals surface area contributed by atoms with E-state index in [2.05, 4.69) is 44.2 Å². The molecule has 2 aromatic carbocycles. The Labute approximate surface area is 130 Å². The van der Waals surface area contributed by atoms with E-state index in [1.807, 2.05) is 12.1 Å². The van der Waals surface area contributed by atoms with Crippen LogP contribution in [0.25, 0.3) is 22.2 Å². The number of pyridine rings is 1. The molecule has 0 N–H and O–H groups in total. The average Bonchev–Trinajstić information content (AvgIpc) is 2.55. The van der Waals surface area contributed by atoms with Crippen molar-refractivity contribution in [3.05, 3.63) is 53.6 Å². The zero-order chi connectivity index (χ0) is 15.7. The molecule has 112 valence electrons. The van der Waals surface area contributed by atoms with E-state index >= 15 is 0 Å². The van der Waals surface area contributed by atoms with Crippen LogP contribution < -0.4 is 9.47 Å². The monoisotopic (exact) mass is 293 g/mol. The third-order valence-corrected chi connectivity index (χ3v) is 4.08. The maximum Gasteiger partial charge on any atom is 0.162 e. The summed E-state index contributed by atoms with van der Waals surface area (Å²) in [5, 5.41) is 1.03. The second-order valence-electron chi connectivity index (χ2n) is 5.34. The number of nitrogens with zero attached hydrogens (tertiary/aromatic N) is 1. The van der Waals surface area contributed by atoms with Gasteiger partial charge < -0.3 is 9.47 Å². The molecular formula is C19H19NO2. The van der Waals surface area contributed by atoms with E-state index in [0.29, 0.717) is 5.75 Å². The SMILES string of the molecule is COc1cc2ccc(-c3cccc(C)c3C)nc2cc1OC. The number of benzene rings is 2. The highest BCUT2D eigenvalue weighted by molar-refractivity contribution is 5.85. The molecule has 1 aromatic heterocycles. The first-order chi connectivity index (χ1) is 10.6. The van der Waals surface area contributed by atoms with Crippen LogP contribution in [0.2, 0.25) is 0 Å². The van der Waals surface area contributed by atoms with Crippen molar-refractivity contribution in [1.82, 2.24) is 4.98 Å². The lowest BCUT2D eigenvalue weighted by Gasteiger charge is -2.11. The molecule has 3 heteroatoms. The maximum absolute atomic E-state index is 5.37. The predicted octanol–water partition coefficient (Wildman–Crippen LogP) is 4.54. The van der Waals surface area contributed by atoms with Crippen LogP contribution in [0.5, 0.6) is 11.5 Å². The summed E-state index contributed by atoms with van der Waals surface area (Å²) in [6, 6.07) is 14.3. The number of fused-ring (bicyclic) bond motifs is 1. The van der Waals surface area contributed by atoms with Crippen molar-refractivity contribution >= 4 is 10.9 Å². The van der Waals surface area contributed by atoms with Crippen LogP contribution in [0.4, 0.5) is 0 Å². The standard InChI is InChI=1S/C19H19NO2/c1-12-6-5-7-15(13(12)2)16-9-8-14-10-18(21-3)19(22-4)11-17(14)20-16/h5-11H,1-4H3. The summed E-state index contributed by atoms with van der Waals surface area (Å²) in [4.78, 5) is 4.80. The number of aromatic nitrogens is 1. The second-order valence-corrected chi connectivity index (χ2v) is 5.34. The van der Waals surface area contributed by atoms with Crippen molar-refractivity contribution in [2.24, 2.45) is 0 Å². The van der Waals surface area contributed by atoms with Crippen molar-refractivity contribution in [2.45, 2.75) is 13.8 Å². The number of hydrogen-bond acceptors (Lipinski definition) is 3. The molecule has 3 aromatic rings. The molecule has 22 heavy (non-hydrogen) atoms. The fourth-order valence-electron chi connectivity index (χ4n) is 2.63. The number of ether oxygens (including phenoxy) is 2. The van der Waals surface area contributed by atoms with E-state index in [9.17, 15) is 0 Å². The van der Waals surface area contributed by atoms with Gasteiger partial charge in [0.1, 0.15) is 0 Å². The van der Waals surface area contributed by atoms with Crippen molar-refractivity contribution in [1.29, 1.82) is 0 Å². The Kier molecular flexibility index (Phi) is 3.72. The minimum atomic E-state index is 0.695. The second kappa shape index (κ2) is 5.68. The Hall–Kier alpha value is -2.55. The van der Waals surface area contributed by atoms with Crippen molar-refractivity contribution in [2.75, 3.05) is 14.2 Å². The minimum Gasteiger partial charge on any atom is -0.493 e. The van der Waals surface area contributed by atoms with Gasteiger partial charge in [0.05, 0.1) is 25.4 Å². The lowest BCUT2D eigenvalue weighted by molar-refractivity contribution is 0.356. The van der Waals surface area contributed by atoms with Gasteiger partial charge in [-0.15, -0.1) is 0 Å². The first-order valence-electron chi connectivity index (χ1n) is 7.23. The fourth-order valence-corrected chi connectivity index (χ4v) is 2.63. The summed E-state index contributed by atoms with van der Waals surface area (Å²) < 4.78 is 10.7. The van der Waals surface area contributed by atoms with Crippen LogP contribution in [0.1, 0.15) is 11.1 Å². The van der Waals surface area contributed by atoms with E-state index in [0.717, 1.165) is 27.9 Å². The van der Waals surface area contributed by atoms with E-state index in [4.69, 9.17) is 14.5 Å². The smallest absolute Gasteiger partial charge is 0.162 e. The van der Waals surface area contributed by atoms with Gasteiger partial charge in [-0.3, -0.25) is 0 Å². The normalized spacial score (nSPS) is 10.7. The van der Waals surface area contributed by atoms with E-state index in [-0.39, 0.29) is 0 Å². The summed E-state index contributed by atoms with van der Waals surface area (Å²) in [6.45, 7) is 4.25.